The molecular weight excluding hydrogens is 316 g/mol. The van der Waals surface area contributed by atoms with Crippen LogP contribution in [0, 0.1) is 0 Å². The number of ether oxygens (including phenoxy) is 3. The summed E-state index contributed by atoms with van der Waals surface area (Å²) >= 11 is 0. The fourth-order valence-corrected chi connectivity index (χ4v) is 1.78. The maximum atomic E-state index is 11.7. The lowest BCUT2D eigenvalue weighted by atomic mass is 10.2. The number of hydrogen-bond donors (Lipinski definition) is 2. The molecule has 2 N–H and O–H groups in total. The largest absolute Gasteiger partial charge is 0.493 e. The van der Waals surface area contributed by atoms with Crippen molar-refractivity contribution in [1.82, 2.24) is 10.6 Å². The molecule has 8 heteroatoms. The summed E-state index contributed by atoms with van der Waals surface area (Å²) in [6, 6.07) is 4.46. The van der Waals surface area contributed by atoms with Crippen LogP contribution >= 0.6 is 0 Å². The molecule has 0 saturated carbocycles. The van der Waals surface area contributed by atoms with Gasteiger partial charge >= 0.3 is 5.97 Å². The maximum Gasteiger partial charge on any atom is 0.337 e. The van der Waals surface area contributed by atoms with E-state index >= 15 is 0 Å². The van der Waals surface area contributed by atoms with Crippen molar-refractivity contribution >= 4 is 17.8 Å². The first-order valence-electron chi connectivity index (χ1n) is 7.32. The molecule has 0 aromatic heterocycles. The number of carbonyl (C=O) groups excluding carboxylic acids is 3. The molecule has 1 aromatic rings. The van der Waals surface area contributed by atoms with Crippen LogP contribution in [0.5, 0.6) is 11.5 Å². The lowest BCUT2D eigenvalue weighted by molar-refractivity contribution is -0.127. The van der Waals surface area contributed by atoms with E-state index < -0.39 is 11.9 Å². The Hall–Kier alpha value is -2.77. The highest BCUT2D eigenvalue weighted by atomic mass is 16.5. The van der Waals surface area contributed by atoms with Gasteiger partial charge in [-0.3, -0.25) is 9.59 Å². The summed E-state index contributed by atoms with van der Waals surface area (Å²) in [7, 11) is 2.69. The topological polar surface area (TPSA) is 103 Å². The highest BCUT2D eigenvalue weighted by Crippen LogP contribution is 2.28. The van der Waals surface area contributed by atoms with Crippen molar-refractivity contribution in [3.8, 4) is 11.5 Å². The fraction of sp³-hybridized carbons (Fsp3) is 0.438. The summed E-state index contributed by atoms with van der Waals surface area (Å²) in [5.41, 5.74) is 0.302. The van der Waals surface area contributed by atoms with Gasteiger partial charge in [0.15, 0.2) is 18.1 Å². The molecular formula is C16H22N2O6. The van der Waals surface area contributed by atoms with Crippen LogP contribution in [0.4, 0.5) is 0 Å². The molecule has 0 heterocycles. The van der Waals surface area contributed by atoms with Crippen molar-refractivity contribution < 1.29 is 28.6 Å². The smallest absolute Gasteiger partial charge is 0.337 e. The monoisotopic (exact) mass is 338 g/mol. The van der Waals surface area contributed by atoms with Gasteiger partial charge in [0.25, 0.3) is 5.91 Å². The van der Waals surface area contributed by atoms with E-state index in [9.17, 15) is 14.4 Å². The second-order valence-corrected chi connectivity index (χ2v) is 5.14. The van der Waals surface area contributed by atoms with Crippen LogP contribution in [0.3, 0.4) is 0 Å². The lowest BCUT2D eigenvalue weighted by Gasteiger charge is -2.12. The zero-order valence-corrected chi connectivity index (χ0v) is 14.2. The number of rotatable bonds is 8. The molecule has 0 unspecified atom stereocenters. The van der Waals surface area contributed by atoms with Gasteiger partial charge in [0.05, 0.1) is 26.3 Å². The highest BCUT2D eigenvalue weighted by molar-refractivity contribution is 5.90. The molecule has 0 fully saturated rings. The van der Waals surface area contributed by atoms with E-state index in [1.54, 1.807) is 0 Å². The van der Waals surface area contributed by atoms with Gasteiger partial charge in [-0.25, -0.2) is 4.79 Å². The molecule has 0 spiro atoms. The van der Waals surface area contributed by atoms with Crippen LogP contribution in [-0.4, -0.2) is 51.2 Å². The SMILES string of the molecule is COC(=O)c1ccc(OCC(=O)NCC(=O)NC(C)C)c(OC)c1. The normalized spacial score (nSPS) is 10.0. The zero-order chi connectivity index (χ0) is 18.1. The van der Waals surface area contributed by atoms with Crippen LogP contribution < -0.4 is 20.1 Å². The Kier molecular flexibility index (Phi) is 7.54. The van der Waals surface area contributed by atoms with E-state index in [1.165, 1.54) is 32.4 Å². The van der Waals surface area contributed by atoms with Crippen LogP contribution in [0.1, 0.15) is 24.2 Å². The number of hydrogen-bond acceptors (Lipinski definition) is 6. The molecule has 0 atom stereocenters. The molecule has 0 aliphatic rings. The maximum absolute atomic E-state index is 11.7. The van der Waals surface area contributed by atoms with Crippen molar-refractivity contribution in [1.29, 1.82) is 0 Å². The number of amides is 2. The summed E-state index contributed by atoms with van der Waals surface area (Å²) < 4.78 is 15.1. The Morgan fingerprint density at radius 1 is 1.08 bits per heavy atom. The minimum atomic E-state index is -0.506. The van der Waals surface area contributed by atoms with Gasteiger partial charge in [0.1, 0.15) is 0 Å². The van der Waals surface area contributed by atoms with Crippen LogP contribution in [0.25, 0.3) is 0 Å². The second kappa shape index (κ2) is 9.39. The molecule has 132 valence electrons. The van der Waals surface area contributed by atoms with Gasteiger partial charge in [-0.15, -0.1) is 0 Å². The number of esters is 1. The Labute approximate surface area is 140 Å². The number of carbonyl (C=O) groups is 3. The molecule has 2 amide bonds. The average molecular weight is 338 g/mol. The number of methoxy groups -OCH3 is 2. The summed E-state index contributed by atoms with van der Waals surface area (Å²) in [5, 5.41) is 5.10. The van der Waals surface area contributed by atoms with E-state index in [4.69, 9.17) is 9.47 Å². The quantitative estimate of drug-likeness (QED) is 0.669. The van der Waals surface area contributed by atoms with Crippen molar-refractivity contribution in [2.24, 2.45) is 0 Å². The first-order chi connectivity index (χ1) is 11.4. The minimum Gasteiger partial charge on any atom is -0.493 e. The average Bonchev–Trinajstić information content (AvgIpc) is 2.56. The van der Waals surface area contributed by atoms with Crippen molar-refractivity contribution in [2.45, 2.75) is 19.9 Å². The third-order valence-corrected chi connectivity index (χ3v) is 2.84. The van der Waals surface area contributed by atoms with E-state index in [-0.39, 0.29) is 25.1 Å². The molecule has 0 bridgehead atoms. The predicted octanol–water partition coefficient (Wildman–Crippen LogP) is 0.501. The van der Waals surface area contributed by atoms with Crippen molar-refractivity contribution in [3.63, 3.8) is 0 Å². The van der Waals surface area contributed by atoms with Crippen molar-refractivity contribution in [3.05, 3.63) is 23.8 Å². The van der Waals surface area contributed by atoms with Crippen molar-refractivity contribution in [2.75, 3.05) is 27.4 Å². The molecule has 0 aliphatic heterocycles. The Bertz CT molecular complexity index is 600. The Balaban J connectivity index is 2.56. The van der Waals surface area contributed by atoms with E-state index in [0.29, 0.717) is 17.1 Å². The van der Waals surface area contributed by atoms with Crippen LogP contribution in [0.2, 0.25) is 0 Å². The first-order valence-corrected chi connectivity index (χ1v) is 7.32. The Morgan fingerprint density at radius 2 is 1.79 bits per heavy atom. The van der Waals surface area contributed by atoms with Gasteiger partial charge in [-0.05, 0) is 32.0 Å². The molecule has 24 heavy (non-hydrogen) atoms. The zero-order valence-electron chi connectivity index (χ0n) is 14.2. The first kappa shape index (κ1) is 19.3. The van der Waals surface area contributed by atoms with Gasteiger partial charge in [0.2, 0.25) is 5.91 Å². The van der Waals surface area contributed by atoms with Gasteiger partial charge in [-0.1, -0.05) is 0 Å². The standard InChI is InChI=1S/C16H22N2O6/c1-10(2)18-14(19)8-17-15(20)9-24-12-6-5-11(16(21)23-4)7-13(12)22-3/h5-7,10H,8-9H2,1-4H3,(H,17,20)(H,18,19). The lowest BCUT2D eigenvalue weighted by Crippen LogP contribution is -2.41. The predicted molar refractivity (Wildman–Crippen MR) is 86.1 cm³/mol. The Morgan fingerprint density at radius 3 is 2.38 bits per heavy atom. The molecule has 8 nitrogen and oxygen atoms in total. The van der Waals surface area contributed by atoms with E-state index in [2.05, 4.69) is 15.4 Å². The third-order valence-electron chi connectivity index (χ3n) is 2.84. The number of nitrogens with one attached hydrogen (secondary N) is 2. The van der Waals surface area contributed by atoms with Crippen LogP contribution in [0.15, 0.2) is 18.2 Å². The molecule has 1 aromatic carbocycles. The molecule has 0 radical (unpaired) electrons. The highest BCUT2D eigenvalue weighted by Gasteiger charge is 2.13. The minimum absolute atomic E-state index is 0.00300. The van der Waals surface area contributed by atoms with Gasteiger partial charge in [-0.2, -0.15) is 0 Å². The summed E-state index contributed by atoms with van der Waals surface area (Å²) in [4.78, 5) is 34.6. The van der Waals surface area contributed by atoms with Gasteiger partial charge in [0, 0.05) is 6.04 Å². The van der Waals surface area contributed by atoms with Crippen LogP contribution in [-0.2, 0) is 14.3 Å². The molecule has 1 rings (SSSR count). The number of benzene rings is 1. The van der Waals surface area contributed by atoms with E-state index in [1.807, 2.05) is 13.8 Å². The third kappa shape index (κ3) is 6.15. The molecule has 0 saturated heterocycles. The summed E-state index contributed by atoms with van der Waals surface area (Å²) in [5.74, 6) is -0.643. The van der Waals surface area contributed by atoms with E-state index in [0.717, 1.165) is 0 Å². The fourth-order valence-electron chi connectivity index (χ4n) is 1.78. The summed E-state index contributed by atoms with van der Waals surface area (Å²) in [6.45, 7) is 3.24. The molecule has 0 aliphatic carbocycles. The second-order valence-electron chi connectivity index (χ2n) is 5.14. The summed E-state index contributed by atoms with van der Waals surface area (Å²) in [6.07, 6.45) is 0. The van der Waals surface area contributed by atoms with Gasteiger partial charge < -0.3 is 24.8 Å².